The highest BCUT2D eigenvalue weighted by Gasteiger charge is 2.39. The standard InChI is InChI=1S/C14H19F3N2/c1-2-3-7-19-9-11-10(13(19)8-18)5-4-6-12(11)14(15,16)17/h4-6,13H,2-3,7-9,18H2,1H3. The van der Waals surface area contributed by atoms with Crippen LogP contribution in [0.3, 0.4) is 0 Å². The van der Waals surface area contributed by atoms with Gasteiger partial charge in [0.1, 0.15) is 0 Å². The summed E-state index contributed by atoms with van der Waals surface area (Å²) in [5, 5.41) is 0. The lowest BCUT2D eigenvalue weighted by atomic mass is 9.99. The Morgan fingerprint density at radius 1 is 1.37 bits per heavy atom. The Kier molecular flexibility index (Phi) is 4.16. The van der Waals surface area contributed by atoms with Crippen molar-refractivity contribution in [1.29, 1.82) is 0 Å². The zero-order valence-electron chi connectivity index (χ0n) is 11.0. The molecule has 1 unspecified atom stereocenters. The number of alkyl halides is 3. The largest absolute Gasteiger partial charge is 0.416 e. The van der Waals surface area contributed by atoms with Gasteiger partial charge in [-0.2, -0.15) is 13.2 Å². The van der Waals surface area contributed by atoms with Crippen molar-refractivity contribution in [3.63, 3.8) is 0 Å². The average Bonchev–Trinajstić information content (AvgIpc) is 2.71. The fourth-order valence-corrected chi connectivity index (χ4v) is 2.74. The molecule has 0 fully saturated rings. The van der Waals surface area contributed by atoms with E-state index in [4.69, 9.17) is 5.73 Å². The predicted molar refractivity (Wildman–Crippen MR) is 68.6 cm³/mol. The molecule has 106 valence electrons. The number of nitrogens with zero attached hydrogens (tertiary/aromatic N) is 1. The van der Waals surface area contributed by atoms with Crippen molar-refractivity contribution in [1.82, 2.24) is 4.90 Å². The summed E-state index contributed by atoms with van der Waals surface area (Å²) in [6.45, 7) is 3.58. The highest BCUT2D eigenvalue weighted by molar-refractivity contribution is 5.42. The molecule has 19 heavy (non-hydrogen) atoms. The van der Waals surface area contributed by atoms with Crippen LogP contribution in [0.15, 0.2) is 18.2 Å². The molecule has 2 rings (SSSR count). The summed E-state index contributed by atoms with van der Waals surface area (Å²) in [7, 11) is 0. The van der Waals surface area contributed by atoms with Crippen LogP contribution >= 0.6 is 0 Å². The zero-order valence-corrected chi connectivity index (χ0v) is 11.0. The molecule has 5 heteroatoms. The first kappa shape index (κ1) is 14.3. The number of nitrogens with two attached hydrogens (primary N) is 1. The Morgan fingerprint density at radius 3 is 2.68 bits per heavy atom. The van der Waals surface area contributed by atoms with Crippen LogP contribution in [0.5, 0.6) is 0 Å². The van der Waals surface area contributed by atoms with Crippen LogP contribution in [0.2, 0.25) is 0 Å². The second-order valence-corrected chi connectivity index (χ2v) is 4.95. The molecule has 1 aliphatic rings. The van der Waals surface area contributed by atoms with Crippen molar-refractivity contribution in [2.75, 3.05) is 13.1 Å². The molecule has 1 atom stereocenters. The Labute approximate surface area is 111 Å². The van der Waals surface area contributed by atoms with E-state index in [0.29, 0.717) is 18.7 Å². The minimum Gasteiger partial charge on any atom is -0.329 e. The summed E-state index contributed by atoms with van der Waals surface area (Å²) >= 11 is 0. The third kappa shape index (κ3) is 2.77. The Bertz CT molecular complexity index is 443. The van der Waals surface area contributed by atoms with Gasteiger partial charge >= 0.3 is 6.18 Å². The Hall–Kier alpha value is -1.07. The van der Waals surface area contributed by atoms with Crippen molar-refractivity contribution in [2.24, 2.45) is 5.73 Å². The Morgan fingerprint density at radius 2 is 2.11 bits per heavy atom. The molecule has 0 saturated heterocycles. The van der Waals surface area contributed by atoms with Crippen LogP contribution in [0.25, 0.3) is 0 Å². The van der Waals surface area contributed by atoms with Gasteiger partial charge in [0.25, 0.3) is 0 Å². The molecular formula is C14H19F3N2. The molecule has 0 amide bonds. The van der Waals surface area contributed by atoms with Crippen LogP contribution < -0.4 is 5.73 Å². The van der Waals surface area contributed by atoms with Gasteiger partial charge in [0.15, 0.2) is 0 Å². The summed E-state index contributed by atoms with van der Waals surface area (Å²) in [5.74, 6) is 0. The van der Waals surface area contributed by atoms with Gasteiger partial charge < -0.3 is 5.73 Å². The first-order valence-corrected chi connectivity index (χ1v) is 6.62. The van der Waals surface area contributed by atoms with Gasteiger partial charge in [-0.3, -0.25) is 4.90 Å². The lowest BCUT2D eigenvalue weighted by Gasteiger charge is -2.23. The molecule has 0 bridgehead atoms. The van der Waals surface area contributed by atoms with Crippen molar-refractivity contribution in [3.05, 3.63) is 34.9 Å². The van der Waals surface area contributed by atoms with Crippen LogP contribution in [-0.2, 0) is 12.7 Å². The third-order valence-corrected chi connectivity index (χ3v) is 3.70. The van der Waals surface area contributed by atoms with Crippen LogP contribution in [0.4, 0.5) is 13.2 Å². The van der Waals surface area contributed by atoms with E-state index in [1.807, 2.05) is 0 Å². The van der Waals surface area contributed by atoms with E-state index in [1.54, 1.807) is 6.07 Å². The maximum absolute atomic E-state index is 13.0. The average molecular weight is 272 g/mol. The highest BCUT2D eigenvalue weighted by Crippen LogP contribution is 2.41. The number of halogens is 3. The van der Waals surface area contributed by atoms with Crippen LogP contribution in [-0.4, -0.2) is 18.0 Å². The van der Waals surface area contributed by atoms with Crippen molar-refractivity contribution >= 4 is 0 Å². The lowest BCUT2D eigenvalue weighted by Crippen LogP contribution is -2.28. The van der Waals surface area contributed by atoms with Gasteiger partial charge in [-0.25, -0.2) is 0 Å². The van der Waals surface area contributed by atoms with E-state index >= 15 is 0 Å². The molecular weight excluding hydrogens is 253 g/mol. The SMILES string of the molecule is CCCCN1Cc2c(cccc2C(F)(F)F)C1CN. The fraction of sp³-hybridized carbons (Fsp3) is 0.571. The van der Waals surface area contributed by atoms with E-state index in [9.17, 15) is 13.2 Å². The fourth-order valence-electron chi connectivity index (χ4n) is 2.74. The first-order valence-electron chi connectivity index (χ1n) is 6.62. The number of unbranched alkanes of at least 4 members (excludes halogenated alkanes) is 1. The molecule has 0 aliphatic carbocycles. The van der Waals surface area contributed by atoms with E-state index < -0.39 is 11.7 Å². The third-order valence-electron chi connectivity index (χ3n) is 3.70. The van der Waals surface area contributed by atoms with Gasteiger partial charge in [0.05, 0.1) is 5.56 Å². The monoisotopic (exact) mass is 272 g/mol. The maximum atomic E-state index is 13.0. The van der Waals surface area contributed by atoms with Gasteiger partial charge in [0, 0.05) is 19.1 Å². The summed E-state index contributed by atoms with van der Waals surface area (Å²) in [6, 6.07) is 4.33. The topological polar surface area (TPSA) is 29.3 Å². The first-order chi connectivity index (χ1) is 8.99. The van der Waals surface area contributed by atoms with Gasteiger partial charge in [-0.15, -0.1) is 0 Å². The van der Waals surface area contributed by atoms with E-state index in [2.05, 4.69) is 11.8 Å². The predicted octanol–water partition coefficient (Wildman–Crippen LogP) is 3.32. The summed E-state index contributed by atoms with van der Waals surface area (Å²) in [5.41, 5.74) is 6.38. The molecule has 2 N–H and O–H groups in total. The molecule has 0 aromatic heterocycles. The molecule has 1 heterocycles. The molecule has 1 aliphatic heterocycles. The quantitative estimate of drug-likeness (QED) is 0.911. The second-order valence-electron chi connectivity index (χ2n) is 4.95. The molecule has 1 aromatic carbocycles. The van der Waals surface area contributed by atoms with Gasteiger partial charge in [-0.1, -0.05) is 25.5 Å². The number of hydrogen-bond donors (Lipinski definition) is 1. The van der Waals surface area contributed by atoms with Crippen molar-refractivity contribution < 1.29 is 13.2 Å². The number of hydrogen-bond acceptors (Lipinski definition) is 2. The zero-order chi connectivity index (χ0) is 14.0. The molecule has 0 saturated carbocycles. The van der Waals surface area contributed by atoms with E-state index in [1.165, 1.54) is 6.07 Å². The van der Waals surface area contributed by atoms with Crippen molar-refractivity contribution in [3.8, 4) is 0 Å². The number of rotatable bonds is 4. The van der Waals surface area contributed by atoms with Crippen LogP contribution in [0.1, 0.15) is 42.5 Å². The number of benzene rings is 1. The maximum Gasteiger partial charge on any atom is 0.416 e. The summed E-state index contributed by atoms with van der Waals surface area (Å²) < 4.78 is 39.0. The number of fused-ring (bicyclic) bond motifs is 1. The lowest BCUT2D eigenvalue weighted by molar-refractivity contribution is -0.138. The van der Waals surface area contributed by atoms with Gasteiger partial charge in [-0.05, 0) is 30.2 Å². The van der Waals surface area contributed by atoms with E-state index in [-0.39, 0.29) is 6.04 Å². The van der Waals surface area contributed by atoms with Crippen molar-refractivity contribution in [2.45, 2.75) is 38.5 Å². The molecule has 0 radical (unpaired) electrons. The summed E-state index contributed by atoms with van der Waals surface area (Å²) in [4.78, 5) is 2.06. The minimum atomic E-state index is -4.29. The second kappa shape index (κ2) is 5.51. The normalized spacial score (nSPS) is 19.7. The Balaban J connectivity index is 2.34. The summed E-state index contributed by atoms with van der Waals surface area (Å²) in [6.07, 6.45) is -2.28. The molecule has 2 nitrogen and oxygen atoms in total. The molecule has 0 spiro atoms. The van der Waals surface area contributed by atoms with E-state index in [0.717, 1.165) is 31.0 Å². The van der Waals surface area contributed by atoms with Gasteiger partial charge in [0.2, 0.25) is 0 Å². The van der Waals surface area contributed by atoms with Crippen LogP contribution in [0, 0.1) is 0 Å². The minimum absolute atomic E-state index is 0.0798. The smallest absolute Gasteiger partial charge is 0.329 e. The highest BCUT2D eigenvalue weighted by atomic mass is 19.4. The molecule has 1 aromatic rings.